The van der Waals surface area contributed by atoms with E-state index in [9.17, 15) is 0 Å². The summed E-state index contributed by atoms with van der Waals surface area (Å²) in [6.45, 7) is 3.69. The molecule has 0 amide bonds. The van der Waals surface area contributed by atoms with Crippen molar-refractivity contribution < 1.29 is 4.74 Å². The maximum Gasteiger partial charge on any atom is 0.191 e. The van der Waals surface area contributed by atoms with Crippen LogP contribution in [0.5, 0.6) is 0 Å². The number of methoxy groups -OCH3 is 1. The Morgan fingerprint density at radius 2 is 2.00 bits per heavy atom. The molecule has 0 unspecified atom stereocenters. The lowest BCUT2D eigenvalue weighted by atomic mass is 9.83. The predicted octanol–water partition coefficient (Wildman–Crippen LogP) is 2.31. The van der Waals surface area contributed by atoms with E-state index in [1.807, 2.05) is 7.05 Å². The number of aromatic nitrogens is 3. The van der Waals surface area contributed by atoms with Crippen LogP contribution in [0.2, 0.25) is 0 Å². The summed E-state index contributed by atoms with van der Waals surface area (Å²) in [6.07, 6.45) is 12.1. The van der Waals surface area contributed by atoms with Crippen molar-refractivity contribution in [3.05, 3.63) is 11.6 Å². The van der Waals surface area contributed by atoms with Gasteiger partial charge < -0.3 is 19.9 Å². The molecule has 7 heteroatoms. The fourth-order valence-electron chi connectivity index (χ4n) is 4.47. The van der Waals surface area contributed by atoms with Gasteiger partial charge in [0.25, 0.3) is 0 Å². The van der Waals surface area contributed by atoms with Crippen molar-refractivity contribution in [3.8, 4) is 0 Å². The summed E-state index contributed by atoms with van der Waals surface area (Å²) in [7, 11) is 3.64. The Hall–Kier alpha value is -1.63. The molecule has 1 aliphatic carbocycles. The zero-order chi connectivity index (χ0) is 19.0. The van der Waals surface area contributed by atoms with Gasteiger partial charge in [0.05, 0.1) is 0 Å². The number of ether oxygens (including phenoxy) is 1. The predicted molar refractivity (Wildman–Crippen MR) is 108 cm³/mol. The Bertz CT molecular complexity index is 606. The zero-order valence-electron chi connectivity index (χ0n) is 17.1. The molecular formula is C20H36N6O. The zero-order valence-corrected chi connectivity index (χ0v) is 17.1. The van der Waals surface area contributed by atoms with Crippen LogP contribution in [0, 0.1) is 5.41 Å². The first kappa shape index (κ1) is 20.1. The number of hydrogen-bond acceptors (Lipinski definition) is 4. The minimum atomic E-state index is 0.359. The van der Waals surface area contributed by atoms with Crippen LogP contribution >= 0.6 is 0 Å². The van der Waals surface area contributed by atoms with Crippen molar-refractivity contribution in [1.29, 1.82) is 0 Å². The third kappa shape index (κ3) is 5.43. The van der Waals surface area contributed by atoms with Gasteiger partial charge in [-0.05, 0) is 37.5 Å². The summed E-state index contributed by atoms with van der Waals surface area (Å²) in [5, 5.41) is 15.8. The van der Waals surface area contributed by atoms with Crippen molar-refractivity contribution in [2.45, 2.75) is 70.8 Å². The van der Waals surface area contributed by atoms with Crippen molar-refractivity contribution in [2.75, 3.05) is 33.9 Å². The van der Waals surface area contributed by atoms with Gasteiger partial charge in [-0.2, -0.15) is 0 Å². The standard InChI is InChI=1S/C20H36N6O/c1-21-19(23-16-20(12-15-27-2)10-5-6-11-20)22-13-9-18-25-24-17-8-4-3-7-14-26(17)18/h3-16H2,1-2H3,(H2,21,22,23). The maximum absolute atomic E-state index is 5.33. The van der Waals surface area contributed by atoms with Gasteiger partial charge in [-0.25, -0.2) is 0 Å². The highest BCUT2D eigenvalue weighted by Gasteiger charge is 2.33. The van der Waals surface area contributed by atoms with Gasteiger partial charge >= 0.3 is 0 Å². The lowest BCUT2D eigenvalue weighted by Crippen LogP contribution is -2.44. The van der Waals surface area contributed by atoms with Crippen LogP contribution in [0.4, 0.5) is 0 Å². The molecule has 0 bridgehead atoms. The third-order valence-corrected chi connectivity index (χ3v) is 6.18. The van der Waals surface area contributed by atoms with Gasteiger partial charge in [-0.1, -0.05) is 19.3 Å². The monoisotopic (exact) mass is 376 g/mol. The minimum Gasteiger partial charge on any atom is -0.385 e. The first-order valence-electron chi connectivity index (χ1n) is 10.6. The Morgan fingerprint density at radius 3 is 2.78 bits per heavy atom. The second-order valence-corrected chi connectivity index (χ2v) is 8.05. The quantitative estimate of drug-likeness (QED) is 0.538. The van der Waals surface area contributed by atoms with Crippen molar-refractivity contribution >= 4 is 5.96 Å². The summed E-state index contributed by atoms with van der Waals surface area (Å²) in [5.41, 5.74) is 0.359. The molecule has 0 radical (unpaired) electrons. The average Bonchev–Trinajstić information content (AvgIpc) is 3.24. The molecule has 3 rings (SSSR count). The molecule has 2 aliphatic rings. The van der Waals surface area contributed by atoms with E-state index in [4.69, 9.17) is 4.74 Å². The number of rotatable bonds is 8. The number of guanidine groups is 1. The van der Waals surface area contributed by atoms with Gasteiger partial charge in [-0.3, -0.25) is 4.99 Å². The molecule has 1 aromatic rings. The second-order valence-electron chi connectivity index (χ2n) is 8.05. The van der Waals surface area contributed by atoms with E-state index in [0.717, 1.165) is 63.1 Å². The second kappa shape index (κ2) is 10.1. The number of nitrogens with zero attached hydrogens (tertiary/aromatic N) is 4. The lowest BCUT2D eigenvalue weighted by Gasteiger charge is -2.29. The van der Waals surface area contributed by atoms with Crippen molar-refractivity contribution in [2.24, 2.45) is 10.4 Å². The van der Waals surface area contributed by atoms with Gasteiger partial charge in [-0.15, -0.1) is 10.2 Å². The molecule has 152 valence electrons. The molecule has 27 heavy (non-hydrogen) atoms. The van der Waals surface area contributed by atoms with Crippen molar-refractivity contribution in [1.82, 2.24) is 25.4 Å². The summed E-state index contributed by atoms with van der Waals surface area (Å²) >= 11 is 0. The van der Waals surface area contributed by atoms with Crippen molar-refractivity contribution in [3.63, 3.8) is 0 Å². The summed E-state index contributed by atoms with van der Waals surface area (Å²) in [5.74, 6) is 3.14. The Balaban J connectivity index is 1.46. The number of hydrogen-bond donors (Lipinski definition) is 2. The minimum absolute atomic E-state index is 0.359. The van der Waals surface area contributed by atoms with E-state index >= 15 is 0 Å². The summed E-state index contributed by atoms with van der Waals surface area (Å²) in [6, 6.07) is 0. The lowest BCUT2D eigenvalue weighted by molar-refractivity contribution is 0.138. The summed E-state index contributed by atoms with van der Waals surface area (Å²) < 4.78 is 7.66. The van der Waals surface area contributed by atoms with Crippen LogP contribution < -0.4 is 10.6 Å². The molecule has 1 aromatic heterocycles. The molecule has 1 saturated carbocycles. The van der Waals surface area contributed by atoms with Crippen LogP contribution in [-0.2, 0) is 24.1 Å². The van der Waals surface area contributed by atoms with Crippen LogP contribution in [0.3, 0.4) is 0 Å². The van der Waals surface area contributed by atoms with E-state index in [0.29, 0.717) is 5.41 Å². The average molecular weight is 377 g/mol. The van der Waals surface area contributed by atoms with Crippen LogP contribution in [-0.4, -0.2) is 54.6 Å². The number of aliphatic imine (C=N–C) groups is 1. The first-order valence-corrected chi connectivity index (χ1v) is 10.6. The largest absolute Gasteiger partial charge is 0.385 e. The molecule has 1 aliphatic heterocycles. The highest BCUT2D eigenvalue weighted by atomic mass is 16.5. The SMILES string of the molecule is CN=C(NCCc1nnc2n1CCCCC2)NCC1(CCOC)CCCC1. The Kier molecular flexibility index (Phi) is 7.50. The molecule has 2 heterocycles. The molecule has 7 nitrogen and oxygen atoms in total. The Morgan fingerprint density at radius 1 is 1.15 bits per heavy atom. The highest BCUT2D eigenvalue weighted by molar-refractivity contribution is 5.79. The fraction of sp³-hybridized carbons (Fsp3) is 0.850. The van der Waals surface area contributed by atoms with E-state index in [1.165, 1.54) is 44.9 Å². The summed E-state index contributed by atoms with van der Waals surface area (Å²) in [4.78, 5) is 4.40. The normalized spacial score (nSPS) is 19.6. The molecule has 1 fully saturated rings. The molecule has 0 spiro atoms. The topological polar surface area (TPSA) is 76.4 Å². The van der Waals surface area contributed by atoms with E-state index in [2.05, 4.69) is 30.4 Å². The van der Waals surface area contributed by atoms with Gasteiger partial charge in [0.15, 0.2) is 5.96 Å². The van der Waals surface area contributed by atoms with Gasteiger partial charge in [0.2, 0.25) is 0 Å². The molecule has 0 saturated heterocycles. The molecule has 0 atom stereocenters. The molecular weight excluding hydrogens is 340 g/mol. The third-order valence-electron chi connectivity index (χ3n) is 6.18. The van der Waals surface area contributed by atoms with Crippen LogP contribution in [0.15, 0.2) is 4.99 Å². The molecule has 0 aromatic carbocycles. The van der Waals surface area contributed by atoms with Gasteiger partial charge in [0.1, 0.15) is 11.6 Å². The Labute approximate surface area is 163 Å². The van der Waals surface area contributed by atoms with E-state index < -0.39 is 0 Å². The number of fused-ring (bicyclic) bond motifs is 1. The van der Waals surface area contributed by atoms with E-state index in [1.54, 1.807) is 7.11 Å². The fourth-order valence-corrected chi connectivity index (χ4v) is 4.47. The van der Waals surface area contributed by atoms with Gasteiger partial charge in [0, 0.05) is 53.2 Å². The number of nitrogens with one attached hydrogen (secondary N) is 2. The van der Waals surface area contributed by atoms with Crippen LogP contribution in [0.1, 0.15) is 63.0 Å². The highest BCUT2D eigenvalue weighted by Crippen LogP contribution is 2.40. The first-order chi connectivity index (χ1) is 13.3. The maximum atomic E-state index is 5.33. The smallest absolute Gasteiger partial charge is 0.191 e. The van der Waals surface area contributed by atoms with Crippen LogP contribution in [0.25, 0.3) is 0 Å². The molecule has 2 N–H and O–H groups in total. The number of aryl methyl sites for hydroxylation is 1. The van der Waals surface area contributed by atoms with E-state index in [-0.39, 0.29) is 0 Å².